The SMILES string of the molecule is C[C@H](N)c1cccc(OCc2ncnn2C)c1. The second-order valence-electron chi connectivity index (χ2n) is 3.95. The minimum atomic E-state index is 0.00776. The van der Waals surface area contributed by atoms with Gasteiger partial charge in [0.2, 0.25) is 0 Å². The van der Waals surface area contributed by atoms with Crippen molar-refractivity contribution in [3.63, 3.8) is 0 Å². The van der Waals surface area contributed by atoms with Crippen LogP contribution in [0.3, 0.4) is 0 Å². The van der Waals surface area contributed by atoms with Crippen LogP contribution in [0, 0.1) is 0 Å². The number of aromatic nitrogens is 3. The van der Waals surface area contributed by atoms with E-state index in [0.29, 0.717) is 6.61 Å². The lowest BCUT2D eigenvalue weighted by Gasteiger charge is -2.09. The topological polar surface area (TPSA) is 66.0 Å². The zero-order valence-electron chi connectivity index (χ0n) is 10.00. The maximum atomic E-state index is 5.82. The lowest BCUT2D eigenvalue weighted by Crippen LogP contribution is -2.06. The second kappa shape index (κ2) is 4.97. The first-order valence-corrected chi connectivity index (χ1v) is 5.48. The Morgan fingerprint density at radius 1 is 1.47 bits per heavy atom. The minimum absolute atomic E-state index is 0.00776. The molecule has 0 amide bonds. The van der Waals surface area contributed by atoms with Crippen molar-refractivity contribution in [2.45, 2.75) is 19.6 Å². The summed E-state index contributed by atoms with van der Waals surface area (Å²) in [6.07, 6.45) is 1.51. The van der Waals surface area contributed by atoms with Gasteiger partial charge in [-0.15, -0.1) is 0 Å². The summed E-state index contributed by atoms with van der Waals surface area (Å²) in [5, 5.41) is 3.98. The molecule has 17 heavy (non-hydrogen) atoms. The third-order valence-corrected chi connectivity index (χ3v) is 2.56. The molecule has 1 atom stereocenters. The van der Waals surface area contributed by atoms with Gasteiger partial charge in [0.25, 0.3) is 0 Å². The number of aryl methyl sites for hydroxylation is 1. The Morgan fingerprint density at radius 2 is 2.29 bits per heavy atom. The van der Waals surface area contributed by atoms with E-state index in [0.717, 1.165) is 17.1 Å². The van der Waals surface area contributed by atoms with Crippen LogP contribution in [0.5, 0.6) is 5.75 Å². The summed E-state index contributed by atoms with van der Waals surface area (Å²) in [4.78, 5) is 4.09. The molecular weight excluding hydrogens is 216 g/mol. The van der Waals surface area contributed by atoms with Crippen molar-refractivity contribution in [3.8, 4) is 5.75 Å². The van der Waals surface area contributed by atoms with E-state index in [1.807, 2.05) is 38.2 Å². The molecule has 90 valence electrons. The van der Waals surface area contributed by atoms with Crippen molar-refractivity contribution in [3.05, 3.63) is 42.0 Å². The summed E-state index contributed by atoms with van der Waals surface area (Å²) in [7, 11) is 1.84. The number of hydrogen-bond donors (Lipinski definition) is 1. The van der Waals surface area contributed by atoms with E-state index in [-0.39, 0.29) is 6.04 Å². The molecule has 0 spiro atoms. The fourth-order valence-electron chi connectivity index (χ4n) is 1.49. The van der Waals surface area contributed by atoms with Gasteiger partial charge in [0.15, 0.2) is 5.82 Å². The van der Waals surface area contributed by atoms with E-state index in [9.17, 15) is 0 Å². The molecule has 5 nitrogen and oxygen atoms in total. The fourth-order valence-corrected chi connectivity index (χ4v) is 1.49. The molecule has 0 aliphatic carbocycles. The molecule has 0 saturated carbocycles. The van der Waals surface area contributed by atoms with E-state index >= 15 is 0 Å². The average molecular weight is 232 g/mol. The van der Waals surface area contributed by atoms with Crippen molar-refractivity contribution in [1.29, 1.82) is 0 Å². The van der Waals surface area contributed by atoms with Gasteiger partial charge in [0, 0.05) is 13.1 Å². The number of hydrogen-bond acceptors (Lipinski definition) is 4. The lowest BCUT2D eigenvalue weighted by atomic mass is 10.1. The quantitative estimate of drug-likeness (QED) is 0.865. The molecule has 0 bridgehead atoms. The van der Waals surface area contributed by atoms with Gasteiger partial charge in [-0.3, -0.25) is 4.68 Å². The van der Waals surface area contributed by atoms with Crippen molar-refractivity contribution >= 4 is 0 Å². The first-order chi connectivity index (χ1) is 8.16. The molecule has 0 saturated heterocycles. The predicted octanol–water partition coefficient (Wildman–Crippen LogP) is 1.41. The smallest absolute Gasteiger partial charge is 0.164 e. The third kappa shape index (κ3) is 2.82. The molecule has 2 aromatic rings. The van der Waals surface area contributed by atoms with Gasteiger partial charge >= 0.3 is 0 Å². The highest BCUT2D eigenvalue weighted by Gasteiger charge is 2.04. The zero-order chi connectivity index (χ0) is 12.3. The molecule has 5 heteroatoms. The van der Waals surface area contributed by atoms with Crippen LogP contribution < -0.4 is 10.5 Å². The highest BCUT2D eigenvalue weighted by molar-refractivity contribution is 5.30. The number of nitrogens with zero attached hydrogens (tertiary/aromatic N) is 3. The maximum absolute atomic E-state index is 5.82. The fraction of sp³-hybridized carbons (Fsp3) is 0.333. The van der Waals surface area contributed by atoms with Crippen LogP contribution >= 0.6 is 0 Å². The lowest BCUT2D eigenvalue weighted by molar-refractivity contribution is 0.289. The van der Waals surface area contributed by atoms with Gasteiger partial charge in [-0.25, -0.2) is 4.98 Å². The van der Waals surface area contributed by atoms with E-state index in [1.54, 1.807) is 4.68 Å². The van der Waals surface area contributed by atoms with E-state index in [2.05, 4.69) is 10.1 Å². The molecule has 0 fully saturated rings. The maximum Gasteiger partial charge on any atom is 0.164 e. The Labute approximate surface area is 100 Å². The van der Waals surface area contributed by atoms with Crippen LogP contribution in [0.15, 0.2) is 30.6 Å². The van der Waals surface area contributed by atoms with Crippen LogP contribution in [0.2, 0.25) is 0 Å². The van der Waals surface area contributed by atoms with Gasteiger partial charge in [-0.05, 0) is 24.6 Å². The molecule has 2 rings (SSSR count). The molecule has 1 aromatic heterocycles. The standard InChI is InChI=1S/C12H16N4O/c1-9(13)10-4-3-5-11(6-10)17-7-12-14-8-15-16(12)2/h3-6,8-9H,7,13H2,1-2H3/t9-/m0/s1. The highest BCUT2D eigenvalue weighted by Crippen LogP contribution is 2.18. The molecule has 0 radical (unpaired) electrons. The Balaban J connectivity index is 2.04. The summed E-state index contributed by atoms with van der Waals surface area (Å²) in [6, 6.07) is 7.78. The van der Waals surface area contributed by atoms with Crippen molar-refractivity contribution in [2.75, 3.05) is 0 Å². The van der Waals surface area contributed by atoms with Crippen LogP contribution in [-0.4, -0.2) is 14.8 Å². The average Bonchev–Trinajstić information content (AvgIpc) is 2.72. The van der Waals surface area contributed by atoms with E-state index < -0.39 is 0 Å². The Morgan fingerprint density at radius 3 is 2.94 bits per heavy atom. The minimum Gasteiger partial charge on any atom is -0.486 e. The zero-order valence-corrected chi connectivity index (χ0v) is 10.00. The van der Waals surface area contributed by atoms with Crippen molar-refractivity contribution in [1.82, 2.24) is 14.8 Å². The van der Waals surface area contributed by atoms with Crippen LogP contribution in [0.1, 0.15) is 24.4 Å². The van der Waals surface area contributed by atoms with E-state index in [1.165, 1.54) is 6.33 Å². The summed E-state index contributed by atoms with van der Waals surface area (Å²) < 4.78 is 7.33. The predicted molar refractivity (Wildman–Crippen MR) is 64.4 cm³/mol. The van der Waals surface area contributed by atoms with Crippen LogP contribution in [0.4, 0.5) is 0 Å². The van der Waals surface area contributed by atoms with Gasteiger partial charge in [-0.1, -0.05) is 12.1 Å². The van der Waals surface area contributed by atoms with E-state index in [4.69, 9.17) is 10.5 Å². The van der Waals surface area contributed by atoms with Gasteiger partial charge in [0.05, 0.1) is 0 Å². The summed E-state index contributed by atoms with van der Waals surface area (Å²) in [5.41, 5.74) is 6.87. The van der Waals surface area contributed by atoms with Crippen molar-refractivity contribution < 1.29 is 4.74 Å². The summed E-state index contributed by atoms with van der Waals surface area (Å²) in [6.45, 7) is 2.35. The third-order valence-electron chi connectivity index (χ3n) is 2.56. The molecule has 1 heterocycles. The highest BCUT2D eigenvalue weighted by atomic mass is 16.5. The molecule has 2 N–H and O–H groups in total. The van der Waals surface area contributed by atoms with Gasteiger partial charge in [-0.2, -0.15) is 5.10 Å². The normalized spacial score (nSPS) is 12.4. The first kappa shape index (κ1) is 11.6. The number of rotatable bonds is 4. The molecule has 1 aromatic carbocycles. The van der Waals surface area contributed by atoms with Gasteiger partial charge < -0.3 is 10.5 Å². The largest absolute Gasteiger partial charge is 0.486 e. The van der Waals surface area contributed by atoms with Crippen LogP contribution in [-0.2, 0) is 13.7 Å². The number of nitrogens with two attached hydrogens (primary N) is 1. The second-order valence-corrected chi connectivity index (χ2v) is 3.95. The number of benzene rings is 1. The monoisotopic (exact) mass is 232 g/mol. The molecule has 0 aliphatic rings. The molecular formula is C12H16N4O. The van der Waals surface area contributed by atoms with Crippen LogP contribution in [0.25, 0.3) is 0 Å². The summed E-state index contributed by atoms with van der Waals surface area (Å²) >= 11 is 0. The Hall–Kier alpha value is -1.88. The number of ether oxygens (including phenoxy) is 1. The van der Waals surface area contributed by atoms with Gasteiger partial charge in [0.1, 0.15) is 18.7 Å². The molecule has 0 aliphatic heterocycles. The summed E-state index contributed by atoms with van der Waals surface area (Å²) in [5.74, 6) is 1.58. The molecule has 0 unspecified atom stereocenters. The Bertz CT molecular complexity index is 493. The Kier molecular flexibility index (Phi) is 3.39. The van der Waals surface area contributed by atoms with Crippen molar-refractivity contribution in [2.24, 2.45) is 12.8 Å². The first-order valence-electron chi connectivity index (χ1n) is 5.48.